The minimum Gasteiger partial charge on any atom is -0.497 e. The molecule has 0 amide bonds. The van der Waals surface area contributed by atoms with Crippen LogP contribution in [0.25, 0.3) is 10.8 Å². The monoisotopic (exact) mass is 328 g/mol. The maximum Gasteiger partial charge on any atom is 0.308 e. The molecule has 1 heterocycles. The fourth-order valence-electron chi connectivity index (χ4n) is 2.98. The molecule has 2 aromatic carbocycles. The largest absolute Gasteiger partial charge is 0.497 e. The number of benzene rings is 2. The summed E-state index contributed by atoms with van der Waals surface area (Å²) in [6, 6.07) is 12.3. The van der Waals surface area contributed by atoms with E-state index in [0.717, 1.165) is 28.5 Å². The van der Waals surface area contributed by atoms with Crippen LogP contribution in [0.1, 0.15) is 38.4 Å². The van der Waals surface area contributed by atoms with E-state index in [4.69, 9.17) is 14.2 Å². The standard InChI is InChI=1S/C20H24O4/c1-13(2)20(21)24-18-8-9-23-19(12-18)16-5-4-15-11-17(22-3)7-6-14(15)10-16/h4-7,10-11,13,18-19H,8-9,12H2,1-3H3. The van der Waals surface area contributed by atoms with Gasteiger partial charge in [0.15, 0.2) is 0 Å². The molecular formula is C20H24O4. The lowest BCUT2D eigenvalue weighted by atomic mass is 9.96. The van der Waals surface area contributed by atoms with Crippen LogP contribution in [-0.2, 0) is 14.3 Å². The number of hydrogen-bond acceptors (Lipinski definition) is 4. The van der Waals surface area contributed by atoms with Crippen LogP contribution in [0.15, 0.2) is 36.4 Å². The highest BCUT2D eigenvalue weighted by molar-refractivity contribution is 5.84. The van der Waals surface area contributed by atoms with Crippen molar-refractivity contribution in [2.75, 3.05) is 13.7 Å². The summed E-state index contributed by atoms with van der Waals surface area (Å²) in [5.41, 5.74) is 1.12. The molecule has 0 bridgehead atoms. The Hall–Kier alpha value is -2.07. The van der Waals surface area contributed by atoms with E-state index in [1.165, 1.54) is 0 Å². The van der Waals surface area contributed by atoms with Gasteiger partial charge in [0.25, 0.3) is 0 Å². The molecule has 1 aliphatic rings. The first-order valence-corrected chi connectivity index (χ1v) is 8.46. The Labute approximate surface area is 142 Å². The molecule has 128 valence electrons. The van der Waals surface area contributed by atoms with Gasteiger partial charge in [-0.25, -0.2) is 0 Å². The number of fused-ring (bicyclic) bond motifs is 1. The number of rotatable bonds is 4. The molecule has 2 aromatic rings. The summed E-state index contributed by atoms with van der Waals surface area (Å²) in [7, 11) is 1.67. The molecule has 0 aromatic heterocycles. The van der Waals surface area contributed by atoms with Crippen LogP contribution in [0.5, 0.6) is 5.75 Å². The Balaban J connectivity index is 1.75. The van der Waals surface area contributed by atoms with Crippen molar-refractivity contribution in [3.8, 4) is 5.75 Å². The third-order valence-corrected chi connectivity index (χ3v) is 4.43. The Morgan fingerprint density at radius 1 is 1.17 bits per heavy atom. The summed E-state index contributed by atoms with van der Waals surface area (Å²) in [5, 5.41) is 2.29. The van der Waals surface area contributed by atoms with Gasteiger partial charge in [0, 0.05) is 12.8 Å². The van der Waals surface area contributed by atoms with Gasteiger partial charge < -0.3 is 14.2 Å². The van der Waals surface area contributed by atoms with Gasteiger partial charge in [-0.1, -0.05) is 32.0 Å². The lowest BCUT2D eigenvalue weighted by molar-refractivity contribution is -0.160. The van der Waals surface area contributed by atoms with E-state index in [9.17, 15) is 4.79 Å². The Morgan fingerprint density at radius 2 is 1.92 bits per heavy atom. The maximum atomic E-state index is 11.8. The first-order valence-electron chi connectivity index (χ1n) is 8.46. The van der Waals surface area contributed by atoms with Crippen molar-refractivity contribution in [2.24, 2.45) is 5.92 Å². The van der Waals surface area contributed by atoms with E-state index < -0.39 is 0 Å². The van der Waals surface area contributed by atoms with E-state index in [0.29, 0.717) is 13.0 Å². The van der Waals surface area contributed by atoms with E-state index in [-0.39, 0.29) is 24.1 Å². The summed E-state index contributed by atoms with van der Waals surface area (Å²) in [5.74, 6) is 0.623. The van der Waals surface area contributed by atoms with Crippen LogP contribution in [0.4, 0.5) is 0 Å². The van der Waals surface area contributed by atoms with Crippen molar-refractivity contribution in [3.63, 3.8) is 0 Å². The van der Waals surface area contributed by atoms with Gasteiger partial charge in [-0.05, 0) is 34.5 Å². The predicted octanol–water partition coefficient (Wildman–Crippen LogP) is 4.27. The molecule has 4 nitrogen and oxygen atoms in total. The second kappa shape index (κ2) is 7.22. The van der Waals surface area contributed by atoms with Crippen LogP contribution < -0.4 is 4.74 Å². The van der Waals surface area contributed by atoms with Crippen LogP contribution in [-0.4, -0.2) is 25.8 Å². The number of esters is 1. The smallest absolute Gasteiger partial charge is 0.308 e. The molecule has 24 heavy (non-hydrogen) atoms. The highest BCUT2D eigenvalue weighted by atomic mass is 16.6. The minimum atomic E-state index is -0.133. The topological polar surface area (TPSA) is 44.8 Å². The number of carbonyl (C=O) groups excluding carboxylic acids is 1. The molecule has 3 rings (SSSR count). The van der Waals surface area contributed by atoms with Gasteiger partial charge in [0.05, 0.1) is 25.7 Å². The highest BCUT2D eigenvalue weighted by Crippen LogP contribution is 2.32. The zero-order valence-corrected chi connectivity index (χ0v) is 14.5. The normalized spacial score (nSPS) is 21.0. The summed E-state index contributed by atoms with van der Waals surface area (Å²) in [4.78, 5) is 11.8. The second-order valence-electron chi connectivity index (χ2n) is 6.57. The van der Waals surface area contributed by atoms with Gasteiger partial charge in [-0.15, -0.1) is 0 Å². The Kier molecular flexibility index (Phi) is 5.05. The van der Waals surface area contributed by atoms with Gasteiger partial charge in [-0.2, -0.15) is 0 Å². The fraction of sp³-hybridized carbons (Fsp3) is 0.450. The average molecular weight is 328 g/mol. The van der Waals surface area contributed by atoms with Crippen LogP contribution in [0.3, 0.4) is 0 Å². The molecule has 0 aliphatic carbocycles. The maximum absolute atomic E-state index is 11.8. The first-order chi connectivity index (χ1) is 11.6. The molecule has 0 N–H and O–H groups in total. The summed E-state index contributed by atoms with van der Waals surface area (Å²) < 4.78 is 16.8. The van der Waals surface area contributed by atoms with Crippen LogP contribution >= 0.6 is 0 Å². The molecule has 2 atom stereocenters. The van der Waals surface area contributed by atoms with Crippen molar-refractivity contribution in [3.05, 3.63) is 42.0 Å². The number of hydrogen-bond donors (Lipinski definition) is 0. The third-order valence-electron chi connectivity index (χ3n) is 4.43. The molecule has 4 heteroatoms. The Morgan fingerprint density at radius 3 is 2.67 bits per heavy atom. The third kappa shape index (κ3) is 3.70. The lowest BCUT2D eigenvalue weighted by Crippen LogP contribution is -2.29. The summed E-state index contributed by atoms with van der Waals surface area (Å²) >= 11 is 0. The molecule has 0 radical (unpaired) electrons. The number of carbonyl (C=O) groups is 1. The quantitative estimate of drug-likeness (QED) is 0.786. The fourth-order valence-corrected chi connectivity index (χ4v) is 2.98. The Bertz CT molecular complexity index is 723. The van der Waals surface area contributed by atoms with Crippen molar-refractivity contribution >= 4 is 16.7 Å². The van der Waals surface area contributed by atoms with Crippen LogP contribution in [0.2, 0.25) is 0 Å². The molecule has 1 fully saturated rings. The number of methoxy groups -OCH3 is 1. The van der Waals surface area contributed by atoms with Crippen molar-refractivity contribution in [1.29, 1.82) is 0 Å². The predicted molar refractivity (Wildman–Crippen MR) is 93.1 cm³/mol. The molecule has 0 saturated carbocycles. The molecule has 1 aliphatic heterocycles. The van der Waals surface area contributed by atoms with E-state index in [2.05, 4.69) is 24.3 Å². The minimum absolute atomic E-state index is 0.0322. The van der Waals surface area contributed by atoms with Crippen LogP contribution in [0, 0.1) is 5.92 Å². The van der Waals surface area contributed by atoms with Gasteiger partial charge in [0.2, 0.25) is 0 Å². The highest BCUT2D eigenvalue weighted by Gasteiger charge is 2.27. The van der Waals surface area contributed by atoms with E-state index >= 15 is 0 Å². The van der Waals surface area contributed by atoms with Crippen molar-refractivity contribution in [2.45, 2.75) is 38.9 Å². The molecule has 2 unspecified atom stereocenters. The lowest BCUT2D eigenvalue weighted by Gasteiger charge is -2.30. The van der Waals surface area contributed by atoms with E-state index in [1.807, 2.05) is 26.0 Å². The van der Waals surface area contributed by atoms with Crippen molar-refractivity contribution < 1.29 is 19.0 Å². The summed E-state index contributed by atoms with van der Waals surface area (Å²) in [6.07, 6.45) is 1.38. The summed E-state index contributed by atoms with van der Waals surface area (Å²) in [6.45, 7) is 4.33. The zero-order chi connectivity index (χ0) is 17.1. The molecule has 0 spiro atoms. The molecule has 1 saturated heterocycles. The zero-order valence-electron chi connectivity index (χ0n) is 14.5. The van der Waals surface area contributed by atoms with Gasteiger partial charge >= 0.3 is 5.97 Å². The SMILES string of the molecule is COc1ccc2cc(C3CC(OC(=O)C(C)C)CCO3)ccc2c1. The van der Waals surface area contributed by atoms with E-state index in [1.54, 1.807) is 7.11 Å². The van der Waals surface area contributed by atoms with Gasteiger partial charge in [-0.3, -0.25) is 4.79 Å². The molecular weight excluding hydrogens is 304 g/mol. The van der Waals surface area contributed by atoms with Gasteiger partial charge in [0.1, 0.15) is 11.9 Å². The first kappa shape index (κ1) is 16.8. The van der Waals surface area contributed by atoms with Crippen molar-refractivity contribution in [1.82, 2.24) is 0 Å². The average Bonchev–Trinajstić information content (AvgIpc) is 2.61. The second-order valence-corrected chi connectivity index (χ2v) is 6.57. The number of ether oxygens (including phenoxy) is 3.